The van der Waals surface area contributed by atoms with Gasteiger partial charge < -0.3 is 10.1 Å². The van der Waals surface area contributed by atoms with Gasteiger partial charge >= 0.3 is 0 Å². The number of nitrogens with one attached hydrogen (secondary N) is 2. The zero-order valence-electron chi connectivity index (χ0n) is 12.6. The summed E-state index contributed by atoms with van der Waals surface area (Å²) in [6.07, 6.45) is 4.55. The Morgan fingerprint density at radius 2 is 2.15 bits per heavy atom. The Balaban J connectivity index is 2.26. The minimum absolute atomic E-state index is 0.0766. The van der Waals surface area contributed by atoms with E-state index in [2.05, 4.69) is 32.9 Å². The van der Waals surface area contributed by atoms with Crippen molar-refractivity contribution >= 4 is 5.91 Å². The van der Waals surface area contributed by atoms with E-state index in [4.69, 9.17) is 4.74 Å². The van der Waals surface area contributed by atoms with Crippen LogP contribution < -0.4 is 5.32 Å². The van der Waals surface area contributed by atoms with Crippen molar-refractivity contribution in [3.63, 3.8) is 0 Å². The molecule has 0 saturated carbocycles. The maximum absolute atomic E-state index is 11.8. The molecule has 114 valence electrons. The van der Waals surface area contributed by atoms with E-state index in [0.717, 1.165) is 12.8 Å². The molecule has 0 radical (unpaired) electrons. The summed E-state index contributed by atoms with van der Waals surface area (Å²) in [6, 6.07) is -0.245. The van der Waals surface area contributed by atoms with Gasteiger partial charge in [0.15, 0.2) is 5.82 Å². The largest absolute Gasteiger partial charge is 0.372 e. The molecule has 7 heteroatoms. The van der Waals surface area contributed by atoms with Crippen LogP contribution >= 0.6 is 0 Å². The number of rotatable bonds is 10. The van der Waals surface area contributed by atoms with Crippen LogP contribution in [0, 0.1) is 5.92 Å². The Hall–Kier alpha value is -1.50. The van der Waals surface area contributed by atoms with Crippen molar-refractivity contribution in [1.29, 1.82) is 0 Å². The van der Waals surface area contributed by atoms with Crippen molar-refractivity contribution in [3.05, 3.63) is 5.82 Å². The maximum Gasteiger partial charge on any atom is 0.246 e. The third-order valence-corrected chi connectivity index (χ3v) is 3.00. The monoisotopic (exact) mass is 283 g/mol. The van der Waals surface area contributed by atoms with Crippen molar-refractivity contribution in [2.45, 2.75) is 52.5 Å². The Morgan fingerprint density at radius 3 is 2.75 bits per heavy atom. The molecule has 1 rings (SSSR count). The number of tetrazole rings is 1. The second-order valence-electron chi connectivity index (χ2n) is 5.17. The molecule has 2 N–H and O–H groups in total. The fraction of sp³-hybridized carbons (Fsp3) is 0.846. The maximum atomic E-state index is 11.8. The van der Waals surface area contributed by atoms with Crippen LogP contribution in [0.5, 0.6) is 0 Å². The molecule has 1 aromatic rings. The number of amides is 1. The second kappa shape index (κ2) is 9.41. The van der Waals surface area contributed by atoms with Gasteiger partial charge in [-0.3, -0.25) is 4.79 Å². The number of hydrogen-bond donors (Lipinski definition) is 2. The predicted octanol–water partition coefficient (Wildman–Crippen LogP) is 1.61. The first-order chi connectivity index (χ1) is 9.65. The summed E-state index contributed by atoms with van der Waals surface area (Å²) in [7, 11) is 0. The molecule has 1 unspecified atom stereocenters. The van der Waals surface area contributed by atoms with E-state index in [1.54, 1.807) is 0 Å². The van der Waals surface area contributed by atoms with E-state index in [-0.39, 0.29) is 24.5 Å². The lowest BCUT2D eigenvalue weighted by atomic mass is 10.0. The summed E-state index contributed by atoms with van der Waals surface area (Å²) in [5.74, 6) is 0.529. The summed E-state index contributed by atoms with van der Waals surface area (Å²) in [5.41, 5.74) is 0. The molecular weight excluding hydrogens is 258 g/mol. The SMILES string of the molecule is CCCCCCOCC(=O)NC(c1nn[nH]n1)C(C)C. The molecule has 0 saturated heterocycles. The van der Waals surface area contributed by atoms with E-state index >= 15 is 0 Å². The average Bonchev–Trinajstić information content (AvgIpc) is 2.93. The lowest BCUT2D eigenvalue weighted by Crippen LogP contribution is -2.35. The topological polar surface area (TPSA) is 92.8 Å². The van der Waals surface area contributed by atoms with Crippen LogP contribution in [0.2, 0.25) is 0 Å². The molecule has 0 aromatic carbocycles. The second-order valence-corrected chi connectivity index (χ2v) is 5.17. The number of unbranched alkanes of at least 4 members (excludes halogenated alkanes) is 3. The van der Waals surface area contributed by atoms with Crippen LogP contribution in [-0.2, 0) is 9.53 Å². The van der Waals surface area contributed by atoms with Crippen LogP contribution in [0.25, 0.3) is 0 Å². The number of hydrogen-bond acceptors (Lipinski definition) is 5. The van der Waals surface area contributed by atoms with Crippen molar-refractivity contribution in [3.8, 4) is 0 Å². The molecule has 0 fully saturated rings. The number of carbonyl (C=O) groups is 1. The van der Waals surface area contributed by atoms with Gasteiger partial charge in [0, 0.05) is 6.61 Å². The zero-order chi connectivity index (χ0) is 14.8. The first-order valence-electron chi connectivity index (χ1n) is 7.25. The van der Waals surface area contributed by atoms with E-state index in [1.165, 1.54) is 12.8 Å². The summed E-state index contributed by atoms with van der Waals surface area (Å²) >= 11 is 0. The Kier molecular flexibility index (Phi) is 7.79. The van der Waals surface area contributed by atoms with Gasteiger partial charge in [-0.05, 0) is 12.3 Å². The number of aromatic amines is 1. The van der Waals surface area contributed by atoms with Crippen LogP contribution in [0.3, 0.4) is 0 Å². The Bertz CT molecular complexity index is 367. The summed E-state index contributed by atoms with van der Waals surface area (Å²) in [5, 5.41) is 16.6. The minimum atomic E-state index is -0.245. The molecule has 1 aromatic heterocycles. The molecule has 0 spiro atoms. The van der Waals surface area contributed by atoms with Crippen LogP contribution in [-0.4, -0.2) is 39.7 Å². The van der Waals surface area contributed by atoms with E-state index in [1.807, 2.05) is 13.8 Å². The molecule has 7 nitrogen and oxygen atoms in total. The van der Waals surface area contributed by atoms with Gasteiger partial charge in [0.25, 0.3) is 0 Å². The Labute approximate surface area is 119 Å². The van der Waals surface area contributed by atoms with Crippen molar-refractivity contribution in [1.82, 2.24) is 25.9 Å². The number of H-pyrrole nitrogens is 1. The number of aromatic nitrogens is 4. The molecule has 1 atom stereocenters. The van der Waals surface area contributed by atoms with Crippen molar-refractivity contribution < 1.29 is 9.53 Å². The van der Waals surface area contributed by atoms with Crippen LogP contribution in [0.1, 0.15) is 58.3 Å². The van der Waals surface area contributed by atoms with Gasteiger partial charge in [0.05, 0.1) is 6.04 Å². The molecule has 0 aliphatic carbocycles. The van der Waals surface area contributed by atoms with Gasteiger partial charge in [-0.1, -0.05) is 45.2 Å². The lowest BCUT2D eigenvalue weighted by Gasteiger charge is -2.18. The third-order valence-electron chi connectivity index (χ3n) is 3.00. The van der Waals surface area contributed by atoms with Gasteiger partial charge in [0.2, 0.25) is 5.91 Å². The van der Waals surface area contributed by atoms with E-state index in [0.29, 0.717) is 12.4 Å². The van der Waals surface area contributed by atoms with Crippen LogP contribution in [0.15, 0.2) is 0 Å². The normalized spacial score (nSPS) is 12.6. The fourth-order valence-corrected chi connectivity index (χ4v) is 1.84. The highest BCUT2D eigenvalue weighted by Crippen LogP contribution is 2.16. The highest BCUT2D eigenvalue weighted by atomic mass is 16.5. The quantitative estimate of drug-likeness (QED) is 0.636. The van der Waals surface area contributed by atoms with Gasteiger partial charge in [0.1, 0.15) is 6.61 Å². The van der Waals surface area contributed by atoms with Crippen molar-refractivity contribution in [2.75, 3.05) is 13.2 Å². The Morgan fingerprint density at radius 1 is 1.35 bits per heavy atom. The van der Waals surface area contributed by atoms with E-state index in [9.17, 15) is 4.79 Å². The first-order valence-corrected chi connectivity index (χ1v) is 7.25. The molecule has 1 amide bonds. The standard InChI is InChI=1S/C13H25N5O2/c1-4-5-6-7-8-20-9-11(19)14-12(10(2)3)13-15-17-18-16-13/h10,12H,4-9H2,1-3H3,(H,14,19)(H,15,16,17,18). The van der Waals surface area contributed by atoms with Crippen molar-refractivity contribution in [2.24, 2.45) is 5.92 Å². The lowest BCUT2D eigenvalue weighted by molar-refractivity contribution is -0.126. The highest BCUT2D eigenvalue weighted by molar-refractivity contribution is 5.77. The summed E-state index contributed by atoms with van der Waals surface area (Å²) in [6.45, 7) is 6.85. The van der Waals surface area contributed by atoms with Gasteiger partial charge in [-0.15, -0.1) is 10.2 Å². The summed E-state index contributed by atoms with van der Waals surface area (Å²) in [4.78, 5) is 11.8. The minimum Gasteiger partial charge on any atom is -0.372 e. The number of carbonyl (C=O) groups excluding carboxylic acids is 1. The first kappa shape index (κ1) is 16.6. The third kappa shape index (κ3) is 6.10. The molecule has 0 aliphatic rings. The predicted molar refractivity (Wildman–Crippen MR) is 74.9 cm³/mol. The molecule has 20 heavy (non-hydrogen) atoms. The average molecular weight is 283 g/mol. The summed E-state index contributed by atoms with van der Waals surface area (Å²) < 4.78 is 5.36. The molecular formula is C13H25N5O2. The van der Waals surface area contributed by atoms with Gasteiger partial charge in [-0.2, -0.15) is 5.21 Å². The van der Waals surface area contributed by atoms with E-state index < -0.39 is 0 Å². The number of nitrogens with zero attached hydrogens (tertiary/aromatic N) is 3. The molecule has 0 bridgehead atoms. The number of ether oxygens (including phenoxy) is 1. The van der Waals surface area contributed by atoms with Gasteiger partial charge in [-0.25, -0.2) is 0 Å². The molecule has 0 aliphatic heterocycles. The highest BCUT2D eigenvalue weighted by Gasteiger charge is 2.22. The van der Waals surface area contributed by atoms with Crippen LogP contribution in [0.4, 0.5) is 0 Å². The zero-order valence-corrected chi connectivity index (χ0v) is 12.6. The fourth-order valence-electron chi connectivity index (χ4n) is 1.84. The smallest absolute Gasteiger partial charge is 0.246 e. The molecule has 1 heterocycles.